The summed E-state index contributed by atoms with van der Waals surface area (Å²) in [4.78, 5) is 27.3. The van der Waals surface area contributed by atoms with Crippen LogP contribution in [0.4, 0.5) is 5.69 Å². The van der Waals surface area contributed by atoms with Crippen molar-refractivity contribution in [3.05, 3.63) is 88.8 Å². The maximum atomic E-state index is 13.3. The molecule has 0 aliphatic carbocycles. The van der Waals surface area contributed by atoms with Crippen LogP contribution in [-0.2, 0) is 9.59 Å². The highest BCUT2D eigenvalue weighted by molar-refractivity contribution is 7.80. The van der Waals surface area contributed by atoms with E-state index in [9.17, 15) is 9.59 Å². The molecule has 1 saturated heterocycles. The normalized spacial score (nSPS) is 15.6. The zero-order valence-electron chi connectivity index (χ0n) is 17.0. The Morgan fingerprint density at radius 2 is 1.63 bits per heavy atom. The van der Waals surface area contributed by atoms with Crippen molar-refractivity contribution in [3.63, 3.8) is 0 Å². The zero-order chi connectivity index (χ0) is 21.4. The number of aromatic nitrogens is 1. The summed E-state index contributed by atoms with van der Waals surface area (Å²) < 4.78 is 1.93. The number of anilines is 1. The second-order valence-electron chi connectivity index (χ2n) is 7.39. The second kappa shape index (κ2) is 7.72. The van der Waals surface area contributed by atoms with Gasteiger partial charge in [-0.3, -0.25) is 19.8 Å². The number of hydrogen-bond acceptors (Lipinski definition) is 3. The average molecular weight is 416 g/mol. The highest BCUT2D eigenvalue weighted by Crippen LogP contribution is 2.26. The molecule has 1 aliphatic heterocycles. The molecule has 0 radical (unpaired) electrons. The molecule has 1 aromatic heterocycles. The largest absolute Gasteiger partial charge is 0.317 e. The van der Waals surface area contributed by atoms with E-state index < -0.39 is 11.8 Å². The van der Waals surface area contributed by atoms with Gasteiger partial charge in [0.25, 0.3) is 11.8 Å². The summed E-state index contributed by atoms with van der Waals surface area (Å²) in [5, 5.41) is 2.74. The lowest BCUT2D eigenvalue weighted by atomic mass is 10.1. The number of nitrogens with zero attached hydrogens (tertiary/aromatic N) is 2. The second-order valence-corrected chi connectivity index (χ2v) is 7.77. The molecule has 0 atom stereocenters. The average Bonchev–Trinajstić information content (AvgIpc) is 3.15. The Labute approximate surface area is 180 Å². The minimum absolute atomic E-state index is 0.0376. The number of rotatable bonds is 3. The molecule has 5 nitrogen and oxygen atoms in total. The Hall–Kier alpha value is -3.51. The van der Waals surface area contributed by atoms with Crippen LogP contribution in [-0.4, -0.2) is 21.5 Å². The van der Waals surface area contributed by atoms with Crippen LogP contribution in [0.15, 0.2) is 66.4 Å². The lowest BCUT2D eigenvalue weighted by Gasteiger charge is -2.30. The van der Waals surface area contributed by atoms with Gasteiger partial charge in [-0.05, 0) is 75.0 Å². The van der Waals surface area contributed by atoms with Gasteiger partial charge in [0.2, 0.25) is 0 Å². The first-order valence-electron chi connectivity index (χ1n) is 9.58. The van der Waals surface area contributed by atoms with Crippen molar-refractivity contribution in [3.8, 4) is 5.69 Å². The fourth-order valence-electron chi connectivity index (χ4n) is 3.53. The third kappa shape index (κ3) is 3.57. The van der Waals surface area contributed by atoms with Crippen molar-refractivity contribution in [2.75, 3.05) is 4.90 Å². The van der Waals surface area contributed by atoms with Gasteiger partial charge in [0, 0.05) is 17.6 Å². The van der Waals surface area contributed by atoms with Crippen molar-refractivity contribution >= 4 is 40.9 Å². The van der Waals surface area contributed by atoms with Crippen LogP contribution in [0.1, 0.15) is 22.4 Å². The van der Waals surface area contributed by atoms with E-state index in [-0.39, 0.29) is 10.7 Å². The predicted molar refractivity (Wildman–Crippen MR) is 123 cm³/mol. The smallest absolute Gasteiger partial charge is 0.270 e. The topological polar surface area (TPSA) is 54.3 Å². The van der Waals surface area contributed by atoms with Gasteiger partial charge in [-0.15, -0.1) is 0 Å². The highest BCUT2D eigenvalue weighted by atomic mass is 32.1. The third-order valence-corrected chi connectivity index (χ3v) is 5.36. The Balaban J connectivity index is 1.76. The molecule has 1 N–H and O–H groups in total. The van der Waals surface area contributed by atoms with E-state index in [1.165, 1.54) is 4.90 Å². The molecule has 30 heavy (non-hydrogen) atoms. The molecule has 150 valence electrons. The van der Waals surface area contributed by atoms with Crippen molar-refractivity contribution in [1.29, 1.82) is 0 Å². The van der Waals surface area contributed by atoms with Crippen molar-refractivity contribution < 1.29 is 9.59 Å². The van der Waals surface area contributed by atoms with E-state index in [4.69, 9.17) is 12.2 Å². The zero-order valence-corrected chi connectivity index (χ0v) is 17.8. The van der Waals surface area contributed by atoms with Gasteiger partial charge in [0.15, 0.2) is 5.11 Å². The standard InChI is InChI=1S/C24H21N3O2S/c1-15-6-9-18(10-7-15)26-12-4-5-19(26)14-20-22(28)25-24(30)27(23(20)29)21-11-8-16(2)13-17(21)3/h4-14H,1-3H3,(H,25,28,30)/b20-14+. The lowest BCUT2D eigenvalue weighted by Crippen LogP contribution is -2.54. The lowest BCUT2D eigenvalue weighted by molar-refractivity contribution is -0.122. The Morgan fingerprint density at radius 3 is 2.33 bits per heavy atom. The number of benzene rings is 2. The van der Waals surface area contributed by atoms with Crippen LogP contribution in [0.2, 0.25) is 0 Å². The first-order valence-corrected chi connectivity index (χ1v) is 9.99. The Bertz CT molecular complexity index is 1210. The molecule has 0 spiro atoms. The van der Waals surface area contributed by atoms with E-state index in [1.54, 1.807) is 6.08 Å². The van der Waals surface area contributed by atoms with Crippen LogP contribution in [0.25, 0.3) is 11.8 Å². The van der Waals surface area contributed by atoms with Crippen molar-refractivity contribution in [2.45, 2.75) is 20.8 Å². The van der Waals surface area contributed by atoms with E-state index in [0.29, 0.717) is 5.69 Å². The molecule has 2 amide bonds. The maximum Gasteiger partial charge on any atom is 0.270 e. The van der Waals surface area contributed by atoms with Gasteiger partial charge in [-0.1, -0.05) is 35.4 Å². The Morgan fingerprint density at radius 1 is 0.933 bits per heavy atom. The minimum Gasteiger partial charge on any atom is -0.317 e. The molecule has 4 rings (SSSR count). The number of carbonyl (C=O) groups excluding carboxylic acids is 2. The fourth-order valence-corrected chi connectivity index (χ4v) is 3.81. The van der Waals surface area contributed by atoms with Crippen molar-refractivity contribution in [2.24, 2.45) is 0 Å². The summed E-state index contributed by atoms with van der Waals surface area (Å²) >= 11 is 5.31. The summed E-state index contributed by atoms with van der Waals surface area (Å²) in [6, 6.07) is 17.5. The quantitative estimate of drug-likeness (QED) is 0.396. The third-order valence-electron chi connectivity index (χ3n) is 5.08. The van der Waals surface area contributed by atoms with Gasteiger partial charge >= 0.3 is 0 Å². The van der Waals surface area contributed by atoms with Crippen LogP contribution in [0.5, 0.6) is 0 Å². The number of hydrogen-bond donors (Lipinski definition) is 1. The summed E-state index contributed by atoms with van der Waals surface area (Å²) in [5.41, 5.74) is 5.52. The van der Waals surface area contributed by atoms with Gasteiger partial charge < -0.3 is 4.57 Å². The van der Waals surface area contributed by atoms with Gasteiger partial charge in [0.05, 0.1) is 5.69 Å². The first kappa shape index (κ1) is 19.8. The van der Waals surface area contributed by atoms with E-state index in [1.807, 2.05) is 86.1 Å². The summed E-state index contributed by atoms with van der Waals surface area (Å²) in [7, 11) is 0. The van der Waals surface area contributed by atoms with Gasteiger partial charge in [-0.2, -0.15) is 0 Å². The molecule has 0 bridgehead atoms. The number of carbonyl (C=O) groups is 2. The predicted octanol–water partition coefficient (Wildman–Crippen LogP) is 4.23. The number of aryl methyl sites for hydroxylation is 3. The summed E-state index contributed by atoms with van der Waals surface area (Å²) in [6.07, 6.45) is 3.50. The van der Waals surface area contributed by atoms with Crippen LogP contribution < -0.4 is 10.2 Å². The van der Waals surface area contributed by atoms with E-state index >= 15 is 0 Å². The first-order chi connectivity index (χ1) is 14.3. The number of nitrogens with one attached hydrogen (secondary N) is 1. The maximum absolute atomic E-state index is 13.3. The molecule has 0 unspecified atom stereocenters. The molecule has 1 aliphatic rings. The number of amides is 2. The molecule has 6 heteroatoms. The SMILES string of the molecule is Cc1ccc(-n2cccc2/C=C2\C(=O)NC(=S)N(c3ccc(C)cc3C)C2=O)cc1. The molecule has 0 saturated carbocycles. The number of thiocarbonyl (C=S) groups is 1. The molecular weight excluding hydrogens is 394 g/mol. The fraction of sp³-hybridized carbons (Fsp3) is 0.125. The molecule has 2 aromatic carbocycles. The van der Waals surface area contributed by atoms with Crippen LogP contribution in [0, 0.1) is 20.8 Å². The highest BCUT2D eigenvalue weighted by Gasteiger charge is 2.35. The van der Waals surface area contributed by atoms with Crippen LogP contribution in [0.3, 0.4) is 0 Å². The van der Waals surface area contributed by atoms with Crippen LogP contribution >= 0.6 is 12.2 Å². The molecule has 2 heterocycles. The molecular formula is C24H21N3O2S. The van der Waals surface area contributed by atoms with Crippen molar-refractivity contribution in [1.82, 2.24) is 9.88 Å². The van der Waals surface area contributed by atoms with Gasteiger partial charge in [0.1, 0.15) is 5.57 Å². The minimum atomic E-state index is -0.498. The van der Waals surface area contributed by atoms with E-state index in [2.05, 4.69) is 5.32 Å². The summed E-state index contributed by atoms with van der Waals surface area (Å²) in [5.74, 6) is -0.935. The Kier molecular flexibility index (Phi) is 5.10. The van der Waals surface area contributed by atoms with E-state index in [0.717, 1.165) is 28.1 Å². The monoisotopic (exact) mass is 415 g/mol. The summed E-state index contributed by atoms with van der Waals surface area (Å²) in [6.45, 7) is 5.93. The molecule has 1 fully saturated rings. The van der Waals surface area contributed by atoms with Gasteiger partial charge in [-0.25, -0.2) is 0 Å². The molecule has 3 aromatic rings.